The van der Waals surface area contributed by atoms with Crippen LogP contribution in [0, 0.1) is 12.2 Å². The monoisotopic (exact) mass is 577 g/mol. The van der Waals surface area contributed by atoms with Gasteiger partial charge in [-0.1, -0.05) is 54.1 Å². The van der Waals surface area contributed by atoms with E-state index in [2.05, 4.69) is 5.32 Å². The summed E-state index contributed by atoms with van der Waals surface area (Å²) in [7, 11) is 0. The number of primary amides is 1. The molecule has 0 saturated carbocycles. The number of hydrogen-bond donors (Lipinski definition) is 2. The molecule has 0 bridgehead atoms. The first-order valence-electron chi connectivity index (χ1n) is 13.2. The highest BCUT2D eigenvalue weighted by molar-refractivity contribution is 6.30. The summed E-state index contributed by atoms with van der Waals surface area (Å²) < 4.78 is 13.3. The summed E-state index contributed by atoms with van der Waals surface area (Å²) in [4.78, 5) is 55.9. The van der Waals surface area contributed by atoms with Crippen molar-refractivity contribution in [2.75, 3.05) is 18.4 Å². The molecule has 8 nitrogen and oxygen atoms in total. The fourth-order valence-electron chi connectivity index (χ4n) is 4.95. The Hall–Kier alpha value is -4.24. The molecule has 213 valence electrons. The van der Waals surface area contributed by atoms with Crippen LogP contribution in [0.25, 0.3) is 0 Å². The zero-order valence-electron chi connectivity index (χ0n) is 22.6. The number of nitrogens with one attached hydrogen (secondary N) is 1. The van der Waals surface area contributed by atoms with Crippen molar-refractivity contribution in [1.29, 1.82) is 0 Å². The highest BCUT2D eigenvalue weighted by Gasteiger charge is 2.49. The van der Waals surface area contributed by atoms with Gasteiger partial charge in [-0.15, -0.1) is 0 Å². The predicted molar refractivity (Wildman–Crippen MR) is 154 cm³/mol. The van der Waals surface area contributed by atoms with Crippen LogP contribution in [-0.2, 0) is 31.1 Å². The Kier molecular flexibility index (Phi) is 9.39. The molecule has 0 aliphatic carbocycles. The SMILES string of the molecule is C[C@](C(=O)Nc1ccccc1)(c1ccc(Cl)cc1)N1CCN(C(=O)[CH]Cc2ccc(F)cc2)[C@@H](CCC(N)=O)C1=O. The van der Waals surface area contributed by atoms with Crippen LogP contribution in [0.4, 0.5) is 10.1 Å². The van der Waals surface area contributed by atoms with E-state index in [0.717, 1.165) is 5.56 Å². The van der Waals surface area contributed by atoms with Crippen molar-refractivity contribution >= 4 is 40.9 Å². The van der Waals surface area contributed by atoms with Gasteiger partial charge in [0.15, 0.2) is 0 Å². The normalized spacial score (nSPS) is 16.7. The minimum absolute atomic E-state index is 0.00219. The molecule has 2 atom stereocenters. The van der Waals surface area contributed by atoms with E-state index >= 15 is 0 Å². The van der Waals surface area contributed by atoms with Gasteiger partial charge in [-0.25, -0.2) is 4.39 Å². The highest BCUT2D eigenvalue weighted by atomic mass is 35.5. The van der Waals surface area contributed by atoms with Gasteiger partial charge in [0.05, 0.1) is 6.42 Å². The second kappa shape index (κ2) is 13.0. The summed E-state index contributed by atoms with van der Waals surface area (Å²) >= 11 is 6.12. The van der Waals surface area contributed by atoms with Gasteiger partial charge in [-0.3, -0.25) is 19.2 Å². The summed E-state index contributed by atoms with van der Waals surface area (Å²) in [6.07, 6.45) is 1.53. The number of rotatable bonds is 10. The molecule has 3 N–H and O–H groups in total. The first-order chi connectivity index (χ1) is 19.6. The lowest BCUT2D eigenvalue weighted by atomic mass is 9.86. The molecule has 0 spiro atoms. The van der Waals surface area contributed by atoms with Crippen molar-refractivity contribution in [3.05, 3.63) is 107 Å². The van der Waals surface area contributed by atoms with E-state index in [9.17, 15) is 23.6 Å². The molecule has 41 heavy (non-hydrogen) atoms. The second-order valence-electron chi connectivity index (χ2n) is 9.98. The molecular formula is C31H31ClFN4O4. The summed E-state index contributed by atoms with van der Waals surface area (Å²) in [6, 6.07) is 20.3. The topological polar surface area (TPSA) is 113 Å². The Balaban J connectivity index is 1.63. The summed E-state index contributed by atoms with van der Waals surface area (Å²) in [5.74, 6) is -2.33. The second-order valence-corrected chi connectivity index (χ2v) is 10.4. The van der Waals surface area contributed by atoms with Gasteiger partial charge in [0.25, 0.3) is 5.91 Å². The number of amides is 4. The molecule has 3 aromatic rings. The van der Waals surface area contributed by atoms with Crippen LogP contribution in [-0.4, -0.2) is 52.6 Å². The number of nitrogens with zero attached hydrogens (tertiary/aromatic N) is 2. The number of anilines is 1. The van der Waals surface area contributed by atoms with Crippen LogP contribution in [0.1, 0.15) is 30.9 Å². The number of nitrogens with two attached hydrogens (primary N) is 1. The van der Waals surface area contributed by atoms with Crippen LogP contribution in [0.5, 0.6) is 0 Å². The molecular weight excluding hydrogens is 547 g/mol. The molecule has 1 saturated heterocycles. The van der Waals surface area contributed by atoms with Crippen LogP contribution >= 0.6 is 11.6 Å². The maximum absolute atomic E-state index is 14.1. The molecule has 1 aliphatic heterocycles. The third-order valence-corrected chi connectivity index (χ3v) is 7.54. The van der Waals surface area contributed by atoms with Gasteiger partial charge in [0, 0.05) is 30.2 Å². The van der Waals surface area contributed by atoms with E-state index in [1.165, 1.54) is 28.4 Å². The predicted octanol–water partition coefficient (Wildman–Crippen LogP) is 4.08. The van der Waals surface area contributed by atoms with Crippen LogP contribution in [0.15, 0.2) is 78.9 Å². The minimum atomic E-state index is -1.48. The zero-order chi connectivity index (χ0) is 29.6. The van der Waals surface area contributed by atoms with E-state index in [4.69, 9.17) is 17.3 Å². The molecule has 4 amide bonds. The Morgan fingerprint density at radius 1 is 1.02 bits per heavy atom. The molecule has 1 heterocycles. The van der Waals surface area contributed by atoms with E-state index in [-0.39, 0.29) is 38.2 Å². The Morgan fingerprint density at radius 2 is 1.68 bits per heavy atom. The molecule has 10 heteroatoms. The number of piperazine rings is 1. The number of para-hydroxylation sites is 1. The van der Waals surface area contributed by atoms with E-state index in [0.29, 0.717) is 16.3 Å². The standard InChI is InChI=1S/C31H31ClFN4O4/c1-31(22-10-12-23(32)13-11-22,30(41)35-25-5-3-2-4-6-25)37-20-19-36(26(29(37)40)16-17-27(34)38)28(39)18-9-21-7-14-24(33)15-8-21/h2-8,10-15,18,26H,9,16-17,19-20H2,1H3,(H2,34,38)(H,35,41)/t26-,31+/m0/s1. The lowest BCUT2D eigenvalue weighted by Crippen LogP contribution is -2.66. The number of benzene rings is 3. The quantitative estimate of drug-likeness (QED) is 0.378. The third-order valence-electron chi connectivity index (χ3n) is 7.28. The van der Waals surface area contributed by atoms with Gasteiger partial charge in [-0.2, -0.15) is 0 Å². The van der Waals surface area contributed by atoms with E-state index < -0.39 is 35.2 Å². The summed E-state index contributed by atoms with van der Waals surface area (Å²) in [5, 5.41) is 3.37. The summed E-state index contributed by atoms with van der Waals surface area (Å²) in [5.41, 5.74) is 5.74. The first kappa shape index (κ1) is 29.7. The fraction of sp³-hybridized carbons (Fsp3) is 0.258. The molecule has 1 fully saturated rings. The van der Waals surface area contributed by atoms with Crippen LogP contribution in [0.3, 0.4) is 0 Å². The lowest BCUT2D eigenvalue weighted by molar-refractivity contribution is -0.159. The smallest absolute Gasteiger partial charge is 0.254 e. The largest absolute Gasteiger partial charge is 0.370 e. The Labute approximate surface area is 243 Å². The molecule has 3 aromatic carbocycles. The Bertz CT molecular complexity index is 1400. The van der Waals surface area contributed by atoms with E-state index in [1.807, 2.05) is 6.07 Å². The maximum Gasteiger partial charge on any atom is 0.254 e. The van der Waals surface area contributed by atoms with Crippen molar-refractivity contribution in [3.8, 4) is 0 Å². The first-order valence-corrected chi connectivity index (χ1v) is 13.6. The molecule has 1 radical (unpaired) electrons. The molecule has 0 aromatic heterocycles. The lowest BCUT2D eigenvalue weighted by Gasteiger charge is -2.48. The number of carbonyl (C=O) groups is 4. The molecule has 0 unspecified atom stereocenters. The van der Waals surface area contributed by atoms with Crippen LogP contribution < -0.4 is 11.1 Å². The third kappa shape index (κ3) is 6.92. The molecule has 4 rings (SSSR count). The van der Waals surface area contributed by atoms with Crippen molar-refractivity contribution in [3.63, 3.8) is 0 Å². The average Bonchev–Trinajstić information content (AvgIpc) is 2.96. The molecule has 1 aliphatic rings. The fourth-order valence-corrected chi connectivity index (χ4v) is 5.08. The highest BCUT2D eigenvalue weighted by Crippen LogP contribution is 2.34. The van der Waals surface area contributed by atoms with Crippen molar-refractivity contribution in [1.82, 2.24) is 9.80 Å². The van der Waals surface area contributed by atoms with Crippen molar-refractivity contribution < 1.29 is 23.6 Å². The van der Waals surface area contributed by atoms with Crippen molar-refractivity contribution in [2.45, 2.75) is 37.8 Å². The Morgan fingerprint density at radius 3 is 2.32 bits per heavy atom. The zero-order valence-corrected chi connectivity index (χ0v) is 23.3. The average molecular weight is 578 g/mol. The van der Waals surface area contributed by atoms with Gasteiger partial charge >= 0.3 is 0 Å². The minimum Gasteiger partial charge on any atom is -0.370 e. The maximum atomic E-state index is 14.1. The summed E-state index contributed by atoms with van der Waals surface area (Å²) in [6.45, 7) is 1.83. The van der Waals surface area contributed by atoms with E-state index in [1.54, 1.807) is 67.6 Å². The number of hydrogen-bond acceptors (Lipinski definition) is 4. The number of halogens is 2. The van der Waals surface area contributed by atoms with Gasteiger partial charge < -0.3 is 20.9 Å². The number of carbonyl (C=O) groups excluding carboxylic acids is 4. The van der Waals surface area contributed by atoms with Gasteiger partial charge in [0.1, 0.15) is 17.4 Å². The van der Waals surface area contributed by atoms with Gasteiger partial charge in [-0.05, 0) is 67.3 Å². The van der Waals surface area contributed by atoms with Gasteiger partial charge in [0.2, 0.25) is 17.7 Å². The van der Waals surface area contributed by atoms with Crippen molar-refractivity contribution in [2.24, 2.45) is 5.73 Å². The van der Waals surface area contributed by atoms with Crippen LogP contribution in [0.2, 0.25) is 5.02 Å².